The number of carbonyl (C=O) groups excluding carboxylic acids is 3. The van der Waals surface area contributed by atoms with Gasteiger partial charge in [0, 0.05) is 29.6 Å². The van der Waals surface area contributed by atoms with Gasteiger partial charge in [0.2, 0.25) is 0 Å². The molecule has 4 aromatic rings. The molecule has 0 atom stereocenters. The van der Waals surface area contributed by atoms with Crippen LogP contribution in [0.4, 0.5) is 0 Å². The first-order valence-electron chi connectivity index (χ1n) is 9.74. The van der Waals surface area contributed by atoms with E-state index in [9.17, 15) is 14.4 Å². The number of ether oxygens (including phenoxy) is 2. The molecule has 4 rings (SSSR count). The molecule has 0 saturated carbocycles. The summed E-state index contributed by atoms with van der Waals surface area (Å²) < 4.78 is 9.73. The zero-order valence-electron chi connectivity index (χ0n) is 16.8. The molecule has 2 aromatic carbocycles. The Morgan fingerprint density at radius 2 is 1.16 bits per heavy atom. The van der Waals surface area contributed by atoms with E-state index < -0.39 is 23.8 Å². The predicted molar refractivity (Wildman–Crippen MR) is 116 cm³/mol. The zero-order chi connectivity index (χ0) is 22.5. The molecule has 0 aliphatic rings. The molecule has 0 spiro atoms. The summed E-state index contributed by atoms with van der Waals surface area (Å²) in [6, 6.07) is 17.8. The number of rotatable bonds is 5. The van der Waals surface area contributed by atoms with E-state index in [2.05, 4.69) is 9.97 Å². The lowest BCUT2D eigenvalue weighted by molar-refractivity contribution is -0.137. The third-order valence-electron chi connectivity index (χ3n) is 4.66. The van der Waals surface area contributed by atoms with E-state index in [1.165, 1.54) is 12.3 Å². The Bertz CT molecular complexity index is 1260. The van der Waals surface area contributed by atoms with Crippen molar-refractivity contribution in [2.75, 3.05) is 0 Å². The Morgan fingerprint density at radius 1 is 0.688 bits per heavy atom. The van der Waals surface area contributed by atoms with E-state index in [1.807, 2.05) is 48.5 Å². The van der Waals surface area contributed by atoms with Crippen LogP contribution in [0.5, 0.6) is 0 Å². The van der Waals surface area contributed by atoms with Gasteiger partial charge in [0.15, 0.2) is 5.90 Å². The number of aromatic nitrogens is 2. The van der Waals surface area contributed by atoms with Gasteiger partial charge in [-0.2, -0.15) is 0 Å². The third-order valence-corrected chi connectivity index (χ3v) is 4.66. The summed E-state index contributed by atoms with van der Waals surface area (Å²) in [6.07, 6.45) is 2.54. The molecular formula is C24H17N3O5. The standard InChI is InChI=1S/C24H17N3O5/c25-21(31-23(29)19-11-15-5-1-3-7-17(15)13-26-19)9-10-22(28)32-24(30)20-12-16-6-2-4-8-18(16)14-27-20/h1-8,11-14,25H,9-10H2. The molecule has 0 unspecified atom stereocenters. The van der Waals surface area contributed by atoms with Gasteiger partial charge in [-0.25, -0.2) is 19.6 Å². The minimum atomic E-state index is -0.885. The van der Waals surface area contributed by atoms with E-state index in [0.29, 0.717) is 0 Å². The van der Waals surface area contributed by atoms with Gasteiger partial charge in [0.05, 0.1) is 6.42 Å². The molecule has 0 aliphatic carbocycles. The van der Waals surface area contributed by atoms with Crippen LogP contribution in [0.3, 0.4) is 0 Å². The van der Waals surface area contributed by atoms with Crippen LogP contribution in [0.15, 0.2) is 73.1 Å². The van der Waals surface area contributed by atoms with Crippen molar-refractivity contribution in [2.45, 2.75) is 12.8 Å². The van der Waals surface area contributed by atoms with Crippen LogP contribution in [-0.4, -0.2) is 33.8 Å². The first kappa shape index (κ1) is 20.8. The van der Waals surface area contributed by atoms with E-state index >= 15 is 0 Å². The average Bonchev–Trinajstić information content (AvgIpc) is 2.82. The van der Waals surface area contributed by atoms with Gasteiger partial charge in [-0.15, -0.1) is 0 Å². The molecule has 158 valence electrons. The van der Waals surface area contributed by atoms with Gasteiger partial charge in [-0.1, -0.05) is 48.5 Å². The highest BCUT2D eigenvalue weighted by Crippen LogP contribution is 2.15. The Balaban J connectivity index is 1.29. The number of hydrogen-bond acceptors (Lipinski definition) is 8. The van der Waals surface area contributed by atoms with Crippen LogP contribution in [0.2, 0.25) is 0 Å². The van der Waals surface area contributed by atoms with Crippen molar-refractivity contribution < 1.29 is 23.9 Å². The van der Waals surface area contributed by atoms with Crippen LogP contribution < -0.4 is 0 Å². The van der Waals surface area contributed by atoms with Crippen LogP contribution in [0.25, 0.3) is 21.5 Å². The Morgan fingerprint density at radius 3 is 1.69 bits per heavy atom. The number of carbonyl (C=O) groups is 3. The maximum absolute atomic E-state index is 12.2. The second-order valence-electron chi connectivity index (χ2n) is 6.91. The van der Waals surface area contributed by atoms with Crippen LogP contribution >= 0.6 is 0 Å². The largest absolute Gasteiger partial charge is 0.407 e. The van der Waals surface area contributed by atoms with Crippen LogP contribution in [-0.2, 0) is 14.3 Å². The first-order chi connectivity index (χ1) is 15.5. The van der Waals surface area contributed by atoms with Crippen molar-refractivity contribution in [1.82, 2.24) is 9.97 Å². The van der Waals surface area contributed by atoms with E-state index in [1.54, 1.807) is 12.3 Å². The summed E-state index contributed by atoms with van der Waals surface area (Å²) in [7, 11) is 0. The van der Waals surface area contributed by atoms with Crippen molar-refractivity contribution in [2.24, 2.45) is 0 Å². The number of benzene rings is 2. The summed E-state index contributed by atoms with van der Waals surface area (Å²) in [5.41, 5.74) is 0.0505. The topological polar surface area (TPSA) is 119 Å². The lowest BCUT2D eigenvalue weighted by Gasteiger charge is -2.06. The third kappa shape index (κ3) is 4.81. The number of pyridine rings is 2. The summed E-state index contributed by atoms with van der Waals surface area (Å²) >= 11 is 0. The summed E-state index contributed by atoms with van der Waals surface area (Å²) in [5.74, 6) is -2.97. The lowest BCUT2D eigenvalue weighted by Crippen LogP contribution is -2.17. The zero-order valence-corrected chi connectivity index (χ0v) is 16.8. The molecule has 2 aromatic heterocycles. The van der Waals surface area contributed by atoms with Gasteiger partial charge in [0.25, 0.3) is 0 Å². The first-order valence-corrected chi connectivity index (χ1v) is 9.74. The van der Waals surface area contributed by atoms with Gasteiger partial charge in [0.1, 0.15) is 11.4 Å². The number of hydrogen-bond donors (Lipinski definition) is 1. The normalized spacial score (nSPS) is 10.6. The fourth-order valence-corrected chi connectivity index (χ4v) is 3.03. The van der Waals surface area contributed by atoms with Crippen molar-refractivity contribution in [3.05, 3.63) is 84.4 Å². The number of fused-ring (bicyclic) bond motifs is 2. The van der Waals surface area contributed by atoms with Gasteiger partial charge < -0.3 is 9.47 Å². The SMILES string of the molecule is N=C(CCC(=O)OC(=O)c1cc2ccccc2cn1)OC(=O)c1cc2ccccc2cn1. The van der Waals surface area contributed by atoms with E-state index in [-0.39, 0.29) is 24.2 Å². The summed E-state index contributed by atoms with van der Waals surface area (Å²) in [5, 5.41) is 11.1. The molecule has 32 heavy (non-hydrogen) atoms. The predicted octanol–water partition coefficient (Wildman–Crippen LogP) is 4.08. The minimum absolute atomic E-state index is 0.000864. The quantitative estimate of drug-likeness (QED) is 0.221. The van der Waals surface area contributed by atoms with Crippen molar-refractivity contribution >= 4 is 45.4 Å². The average molecular weight is 427 g/mol. The van der Waals surface area contributed by atoms with Gasteiger partial charge in [-0.05, 0) is 22.9 Å². The molecule has 8 heteroatoms. The van der Waals surface area contributed by atoms with Gasteiger partial charge in [-0.3, -0.25) is 10.2 Å². The van der Waals surface area contributed by atoms with Gasteiger partial charge >= 0.3 is 17.9 Å². The Kier molecular flexibility index (Phi) is 5.94. The molecule has 0 amide bonds. The highest BCUT2D eigenvalue weighted by atomic mass is 16.6. The number of nitrogens with zero attached hydrogens (tertiary/aromatic N) is 2. The molecule has 2 heterocycles. The number of esters is 3. The van der Waals surface area contributed by atoms with Crippen molar-refractivity contribution in [3.8, 4) is 0 Å². The summed E-state index contributed by atoms with van der Waals surface area (Å²) in [4.78, 5) is 44.4. The van der Waals surface area contributed by atoms with E-state index in [0.717, 1.165) is 21.5 Å². The molecule has 0 radical (unpaired) electrons. The van der Waals surface area contributed by atoms with Crippen LogP contribution in [0.1, 0.15) is 33.8 Å². The number of nitrogens with one attached hydrogen (secondary N) is 1. The molecule has 0 bridgehead atoms. The molecule has 0 aliphatic heterocycles. The molecule has 0 saturated heterocycles. The highest BCUT2D eigenvalue weighted by molar-refractivity contribution is 6.00. The second-order valence-corrected chi connectivity index (χ2v) is 6.91. The fraction of sp³-hybridized carbons (Fsp3) is 0.0833. The maximum Gasteiger partial charge on any atom is 0.364 e. The minimum Gasteiger partial charge on any atom is -0.407 e. The molecular weight excluding hydrogens is 410 g/mol. The Labute approximate surface area is 182 Å². The molecule has 1 N–H and O–H groups in total. The molecule has 8 nitrogen and oxygen atoms in total. The second kappa shape index (κ2) is 9.13. The fourth-order valence-electron chi connectivity index (χ4n) is 3.03. The summed E-state index contributed by atoms with van der Waals surface area (Å²) in [6.45, 7) is 0. The molecule has 0 fully saturated rings. The lowest BCUT2D eigenvalue weighted by atomic mass is 10.1. The van der Waals surface area contributed by atoms with Crippen molar-refractivity contribution in [1.29, 1.82) is 5.41 Å². The maximum atomic E-state index is 12.2. The van der Waals surface area contributed by atoms with Crippen molar-refractivity contribution in [3.63, 3.8) is 0 Å². The smallest absolute Gasteiger partial charge is 0.364 e. The van der Waals surface area contributed by atoms with Crippen LogP contribution in [0, 0.1) is 5.41 Å². The highest BCUT2D eigenvalue weighted by Gasteiger charge is 2.18. The Hall–Kier alpha value is -4.46. The van der Waals surface area contributed by atoms with E-state index in [4.69, 9.17) is 14.9 Å². The monoisotopic (exact) mass is 427 g/mol.